The highest BCUT2D eigenvalue weighted by atomic mass is 127. The highest BCUT2D eigenvalue weighted by Gasteiger charge is 2.46. The lowest BCUT2D eigenvalue weighted by Crippen LogP contribution is -2.66. The van der Waals surface area contributed by atoms with Crippen LogP contribution in [-0.2, 0) is 0 Å². The summed E-state index contributed by atoms with van der Waals surface area (Å²) in [6.45, 7) is 0. The van der Waals surface area contributed by atoms with Crippen molar-refractivity contribution in [1.82, 2.24) is 0 Å². The van der Waals surface area contributed by atoms with Crippen LogP contribution >= 0.6 is 22.6 Å². The molecule has 3 nitrogen and oxygen atoms in total. The summed E-state index contributed by atoms with van der Waals surface area (Å²) in [5, 5.41) is 0. The molecule has 4 heteroatoms. The maximum absolute atomic E-state index is 6.02. The molecule has 0 spiro atoms. The summed E-state index contributed by atoms with van der Waals surface area (Å²) < 4.78 is 0.451. The van der Waals surface area contributed by atoms with Crippen LogP contribution in [0.15, 0.2) is 12.2 Å². The Morgan fingerprint density at radius 3 is 1.92 bits per heavy atom. The van der Waals surface area contributed by atoms with Gasteiger partial charge in [-0.2, -0.15) is 0 Å². The largest absolute Gasteiger partial charge is 0.326 e. The van der Waals surface area contributed by atoms with Crippen LogP contribution in [0.5, 0.6) is 0 Å². The van der Waals surface area contributed by atoms with Crippen LogP contribution in [0, 0.1) is 11.8 Å². The highest BCUT2D eigenvalue weighted by molar-refractivity contribution is 14.1. The number of nitrogens with two attached hydrogens (primary N) is 3. The Morgan fingerprint density at radius 1 is 0.833 bits per heavy atom. The second-order valence-corrected chi connectivity index (χ2v) is 5.15. The summed E-state index contributed by atoms with van der Waals surface area (Å²) in [5.74, 6) is 0.660. The van der Waals surface area contributed by atoms with Crippen molar-refractivity contribution in [2.75, 3.05) is 0 Å². The molecule has 0 amide bonds. The monoisotopic (exact) mass is 279 g/mol. The van der Waals surface area contributed by atoms with E-state index in [2.05, 4.69) is 34.7 Å². The van der Waals surface area contributed by atoms with Crippen LogP contribution in [0.4, 0.5) is 0 Å². The lowest BCUT2D eigenvalue weighted by Gasteiger charge is -2.48. The van der Waals surface area contributed by atoms with Gasteiger partial charge in [0, 0.05) is 33.9 Å². The van der Waals surface area contributed by atoms with Crippen LogP contribution in [-0.4, -0.2) is 22.1 Å². The molecule has 6 atom stereocenters. The highest BCUT2D eigenvalue weighted by Crippen LogP contribution is 2.38. The summed E-state index contributed by atoms with van der Waals surface area (Å²) in [6, 6.07) is 0.345. The average molecular weight is 279 g/mol. The summed E-state index contributed by atoms with van der Waals surface area (Å²) in [5.41, 5.74) is 18.0. The van der Waals surface area contributed by atoms with Gasteiger partial charge in [-0.1, -0.05) is 34.7 Å². The summed E-state index contributed by atoms with van der Waals surface area (Å²) >= 11 is 2.39. The molecule has 1 fully saturated rings. The Bertz CT molecular complexity index is 180. The summed E-state index contributed by atoms with van der Waals surface area (Å²) in [7, 11) is 0. The Hall–Kier alpha value is 0.350. The van der Waals surface area contributed by atoms with Gasteiger partial charge < -0.3 is 17.2 Å². The van der Waals surface area contributed by atoms with E-state index in [0.29, 0.717) is 9.84 Å². The van der Waals surface area contributed by atoms with Gasteiger partial charge in [-0.05, 0) is 0 Å². The van der Waals surface area contributed by atoms with Gasteiger partial charge in [-0.25, -0.2) is 0 Å². The van der Waals surface area contributed by atoms with Crippen molar-refractivity contribution in [1.29, 1.82) is 0 Å². The molecule has 6 N–H and O–H groups in total. The first-order valence-corrected chi connectivity index (χ1v) is 5.46. The Labute approximate surface area is 85.9 Å². The van der Waals surface area contributed by atoms with E-state index in [9.17, 15) is 0 Å². The van der Waals surface area contributed by atoms with E-state index >= 15 is 0 Å². The number of alkyl halides is 1. The van der Waals surface area contributed by atoms with E-state index < -0.39 is 0 Å². The van der Waals surface area contributed by atoms with Crippen molar-refractivity contribution in [2.24, 2.45) is 29.0 Å². The molecule has 6 unspecified atom stereocenters. The van der Waals surface area contributed by atoms with Gasteiger partial charge in [-0.15, -0.1) is 0 Å². The van der Waals surface area contributed by atoms with E-state index in [1.807, 2.05) is 0 Å². The van der Waals surface area contributed by atoms with E-state index in [1.165, 1.54) is 0 Å². The molecule has 2 bridgehead atoms. The fourth-order valence-corrected chi connectivity index (χ4v) is 3.40. The lowest BCUT2D eigenvalue weighted by atomic mass is 9.67. The number of hydrogen-bond acceptors (Lipinski definition) is 3. The SMILES string of the molecule is NC1C(N)C2C=CC1C(N)C2I. The third kappa shape index (κ3) is 1.05. The third-order valence-electron chi connectivity index (χ3n) is 3.07. The maximum atomic E-state index is 6.02. The zero-order valence-corrected chi connectivity index (χ0v) is 8.89. The fraction of sp³-hybridized carbons (Fsp3) is 0.750. The number of hydrogen-bond donors (Lipinski definition) is 3. The first kappa shape index (κ1) is 8.93. The fourth-order valence-electron chi connectivity index (χ4n) is 2.20. The molecular formula is C8H14IN3. The van der Waals surface area contributed by atoms with Crippen LogP contribution in [0.3, 0.4) is 0 Å². The van der Waals surface area contributed by atoms with Gasteiger partial charge in [0.1, 0.15) is 0 Å². The average Bonchev–Trinajstić information content (AvgIpc) is 2.05. The van der Waals surface area contributed by atoms with Crippen molar-refractivity contribution < 1.29 is 0 Å². The van der Waals surface area contributed by atoms with E-state index in [0.717, 1.165) is 0 Å². The van der Waals surface area contributed by atoms with Gasteiger partial charge in [0.15, 0.2) is 0 Å². The molecular weight excluding hydrogens is 265 g/mol. The van der Waals surface area contributed by atoms with Crippen molar-refractivity contribution in [3.8, 4) is 0 Å². The lowest BCUT2D eigenvalue weighted by molar-refractivity contribution is 0.229. The van der Waals surface area contributed by atoms with Crippen LogP contribution in [0.25, 0.3) is 0 Å². The van der Waals surface area contributed by atoms with Crippen LogP contribution in [0.1, 0.15) is 0 Å². The number of fused-ring (bicyclic) bond motifs is 2. The molecule has 1 saturated carbocycles. The number of halogens is 1. The number of rotatable bonds is 0. The second kappa shape index (κ2) is 2.94. The summed E-state index contributed by atoms with van der Waals surface area (Å²) in [4.78, 5) is 0. The maximum Gasteiger partial charge on any atom is 0.0345 e. The predicted molar refractivity (Wildman–Crippen MR) is 57.9 cm³/mol. The molecule has 0 aliphatic heterocycles. The summed E-state index contributed by atoms with van der Waals surface area (Å²) in [6.07, 6.45) is 4.32. The molecule has 0 saturated heterocycles. The van der Waals surface area contributed by atoms with Crippen molar-refractivity contribution >= 4 is 22.6 Å². The minimum atomic E-state index is 0.0565. The Morgan fingerprint density at radius 2 is 1.33 bits per heavy atom. The quantitative estimate of drug-likeness (QED) is 0.320. The van der Waals surface area contributed by atoms with Crippen LogP contribution < -0.4 is 17.2 Å². The smallest absolute Gasteiger partial charge is 0.0345 e. The standard InChI is InChI=1S/C8H14IN3/c9-5-3-1-2-4(6(5)10)8(12)7(3)11/h1-8H,10-12H2. The van der Waals surface area contributed by atoms with E-state index in [4.69, 9.17) is 17.2 Å². The normalized spacial score (nSPS) is 57.7. The zero-order chi connectivity index (χ0) is 8.88. The first-order valence-electron chi connectivity index (χ1n) is 4.22. The van der Waals surface area contributed by atoms with E-state index in [1.54, 1.807) is 0 Å². The molecule has 3 aliphatic carbocycles. The zero-order valence-electron chi connectivity index (χ0n) is 6.73. The Kier molecular flexibility index (Phi) is 2.18. The van der Waals surface area contributed by atoms with E-state index in [-0.39, 0.29) is 24.0 Å². The molecule has 0 radical (unpaired) electrons. The first-order chi connectivity index (χ1) is 5.63. The van der Waals surface area contributed by atoms with Crippen molar-refractivity contribution in [3.63, 3.8) is 0 Å². The van der Waals surface area contributed by atoms with Crippen LogP contribution in [0.2, 0.25) is 0 Å². The van der Waals surface area contributed by atoms with Crippen molar-refractivity contribution in [2.45, 2.75) is 22.1 Å². The molecule has 0 aromatic rings. The van der Waals surface area contributed by atoms with Gasteiger partial charge in [0.25, 0.3) is 0 Å². The minimum absolute atomic E-state index is 0.0565. The molecule has 68 valence electrons. The van der Waals surface area contributed by atoms with Gasteiger partial charge in [-0.3, -0.25) is 0 Å². The predicted octanol–water partition coefficient (Wildman–Crippen LogP) is -0.412. The topological polar surface area (TPSA) is 78.1 Å². The third-order valence-corrected chi connectivity index (χ3v) is 4.73. The van der Waals surface area contributed by atoms with Gasteiger partial charge >= 0.3 is 0 Å². The minimum Gasteiger partial charge on any atom is -0.326 e. The van der Waals surface area contributed by atoms with Gasteiger partial charge in [0.05, 0.1) is 0 Å². The molecule has 0 heterocycles. The second-order valence-electron chi connectivity index (χ2n) is 3.72. The molecule has 3 rings (SSSR count). The molecule has 12 heavy (non-hydrogen) atoms. The molecule has 0 aromatic heterocycles. The van der Waals surface area contributed by atoms with Crippen molar-refractivity contribution in [3.05, 3.63) is 12.2 Å². The molecule has 3 aliphatic rings. The Balaban J connectivity index is 2.32. The molecule has 0 aromatic carbocycles. The van der Waals surface area contributed by atoms with Gasteiger partial charge in [0.2, 0.25) is 0 Å².